The Morgan fingerprint density at radius 3 is 2.14 bits per heavy atom. The van der Waals surface area contributed by atoms with Crippen molar-refractivity contribution in [2.45, 2.75) is 0 Å². The van der Waals surface area contributed by atoms with Crippen molar-refractivity contribution in [3.05, 3.63) is 109 Å². The van der Waals surface area contributed by atoms with E-state index in [-0.39, 0.29) is 5.56 Å². The van der Waals surface area contributed by atoms with E-state index in [4.69, 9.17) is 4.74 Å². The van der Waals surface area contributed by atoms with Crippen molar-refractivity contribution in [2.24, 2.45) is 0 Å². The molecular weight excluding hydrogens is 348 g/mol. The summed E-state index contributed by atoms with van der Waals surface area (Å²) < 4.78 is 6.04. The summed E-state index contributed by atoms with van der Waals surface area (Å²) in [5, 5.41) is 9.19. The van der Waals surface area contributed by atoms with Gasteiger partial charge in [-0.2, -0.15) is 0 Å². The zero-order valence-electron chi connectivity index (χ0n) is 15.1. The van der Waals surface area contributed by atoms with Crippen LogP contribution in [0, 0.1) is 0 Å². The average Bonchev–Trinajstić information content (AvgIpc) is 2.75. The fourth-order valence-corrected chi connectivity index (χ4v) is 3.11. The van der Waals surface area contributed by atoms with Gasteiger partial charge in [0, 0.05) is 5.56 Å². The van der Waals surface area contributed by atoms with Crippen LogP contribution in [-0.2, 0) is 0 Å². The number of carbonyl (C=O) groups is 1. The van der Waals surface area contributed by atoms with Gasteiger partial charge in [0.05, 0.1) is 5.56 Å². The molecule has 0 heterocycles. The number of para-hydroxylation sites is 1. The smallest absolute Gasteiger partial charge is 0.335 e. The number of hydrogen-bond donors (Lipinski definition) is 1. The van der Waals surface area contributed by atoms with Gasteiger partial charge in [-0.25, -0.2) is 4.79 Å². The van der Waals surface area contributed by atoms with E-state index >= 15 is 0 Å². The number of ether oxygens (including phenoxy) is 1. The van der Waals surface area contributed by atoms with E-state index in [2.05, 4.69) is 24.3 Å². The Balaban J connectivity index is 1.71. The van der Waals surface area contributed by atoms with Crippen molar-refractivity contribution in [2.75, 3.05) is 0 Å². The predicted molar refractivity (Wildman–Crippen MR) is 111 cm³/mol. The van der Waals surface area contributed by atoms with Gasteiger partial charge >= 0.3 is 5.97 Å². The second-order valence-electron chi connectivity index (χ2n) is 6.38. The Hall–Kier alpha value is -3.85. The minimum atomic E-state index is -0.978. The minimum Gasteiger partial charge on any atom is -0.478 e. The van der Waals surface area contributed by atoms with Crippen molar-refractivity contribution in [1.82, 2.24) is 0 Å². The molecule has 4 aromatic rings. The van der Waals surface area contributed by atoms with Crippen LogP contribution in [0.4, 0.5) is 0 Å². The number of hydrogen-bond acceptors (Lipinski definition) is 2. The van der Waals surface area contributed by atoms with Crippen LogP contribution in [0.2, 0.25) is 0 Å². The quantitative estimate of drug-likeness (QED) is 0.438. The zero-order chi connectivity index (χ0) is 19.3. The largest absolute Gasteiger partial charge is 0.478 e. The monoisotopic (exact) mass is 366 g/mol. The first kappa shape index (κ1) is 17.6. The Kier molecular flexibility index (Phi) is 4.89. The summed E-state index contributed by atoms with van der Waals surface area (Å²) in [7, 11) is 0. The number of aromatic carboxylic acids is 1. The predicted octanol–water partition coefficient (Wildman–Crippen LogP) is 6.51. The molecule has 0 unspecified atom stereocenters. The number of rotatable bonds is 5. The minimum absolute atomic E-state index is 0.195. The molecule has 3 heteroatoms. The second-order valence-corrected chi connectivity index (χ2v) is 6.38. The Morgan fingerprint density at radius 2 is 1.32 bits per heavy atom. The average molecular weight is 366 g/mol. The maximum Gasteiger partial charge on any atom is 0.335 e. The molecule has 0 spiro atoms. The molecule has 4 aromatic carbocycles. The van der Waals surface area contributed by atoms with Crippen LogP contribution in [0.25, 0.3) is 22.3 Å². The SMILES string of the molecule is O=C(O)c1cccc(Oc2ccccc2-c2cccc(-c3ccccc3)c2)c1. The molecule has 0 radical (unpaired) electrons. The number of carboxylic acids is 1. The standard InChI is InChI=1S/C25H18O3/c26-25(27)21-12-7-13-22(17-21)28-24-15-5-4-14-23(24)20-11-6-10-19(16-20)18-8-2-1-3-9-18/h1-17H,(H,26,27). The van der Waals surface area contributed by atoms with Gasteiger partial charge in [0.2, 0.25) is 0 Å². The van der Waals surface area contributed by atoms with Gasteiger partial charge in [0.15, 0.2) is 0 Å². The number of carboxylic acid groups (broad SMARTS) is 1. The summed E-state index contributed by atoms with van der Waals surface area (Å²) in [5.74, 6) is 0.191. The van der Waals surface area contributed by atoms with E-state index in [1.54, 1.807) is 18.2 Å². The molecule has 0 aromatic heterocycles. The van der Waals surface area contributed by atoms with Crippen molar-refractivity contribution in [1.29, 1.82) is 0 Å². The Labute approximate surface area is 163 Å². The molecule has 1 N–H and O–H groups in total. The molecule has 0 saturated heterocycles. The van der Waals surface area contributed by atoms with E-state index < -0.39 is 5.97 Å². The summed E-state index contributed by atoms with van der Waals surface area (Å²) >= 11 is 0. The number of benzene rings is 4. The fourth-order valence-electron chi connectivity index (χ4n) is 3.11. The normalized spacial score (nSPS) is 10.4. The summed E-state index contributed by atoms with van der Waals surface area (Å²) in [5.41, 5.74) is 4.45. The fraction of sp³-hybridized carbons (Fsp3) is 0. The topological polar surface area (TPSA) is 46.5 Å². The van der Waals surface area contributed by atoms with E-state index in [0.717, 1.165) is 22.3 Å². The summed E-state index contributed by atoms with van der Waals surface area (Å²) in [6, 6.07) is 32.8. The maximum atomic E-state index is 11.2. The van der Waals surface area contributed by atoms with Crippen molar-refractivity contribution in [3.8, 4) is 33.8 Å². The Morgan fingerprint density at radius 1 is 0.643 bits per heavy atom. The van der Waals surface area contributed by atoms with Crippen LogP contribution in [0.1, 0.15) is 10.4 Å². The molecule has 28 heavy (non-hydrogen) atoms. The molecule has 0 atom stereocenters. The van der Waals surface area contributed by atoms with Gasteiger partial charge in [-0.05, 0) is 47.0 Å². The molecule has 136 valence electrons. The van der Waals surface area contributed by atoms with Crippen LogP contribution in [-0.4, -0.2) is 11.1 Å². The third-order valence-electron chi connectivity index (χ3n) is 4.48. The molecule has 0 aliphatic rings. The highest BCUT2D eigenvalue weighted by Crippen LogP contribution is 2.35. The van der Waals surface area contributed by atoms with Gasteiger partial charge < -0.3 is 9.84 Å². The molecule has 0 aliphatic heterocycles. The summed E-state index contributed by atoms with van der Waals surface area (Å²) in [4.78, 5) is 11.2. The lowest BCUT2D eigenvalue weighted by Crippen LogP contribution is -1.96. The highest BCUT2D eigenvalue weighted by molar-refractivity contribution is 5.88. The molecular formula is C25H18O3. The highest BCUT2D eigenvalue weighted by atomic mass is 16.5. The van der Waals surface area contributed by atoms with Crippen LogP contribution in [0.3, 0.4) is 0 Å². The molecule has 0 bridgehead atoms. The first-order chi connectivity index (χ1) is 13.7. The molecule has 0 amide bonds. The molecule has 0 aliphatic carbocycles. The summed E-state index contributed by atoms with van der Waals surface area (Å²) in [6.45, 7) is 0. The molecule has 0 saturated carbocycles. The van der Waals surface area contributed by atoms with E-state index in [0.29, 0.717) is 11.5 Å². The van der Waals surface area contributed by atoms with Crippen molar-refractivity contribution < 1.29 is 14.6 Å². The highest BCUT2D eigenvalue weighted by Gasteiger charge is 2.10. The zero-order valence-corrected chi connectivity index (χ0v) is 15.1. The lowest BCUT2D eigenvalue weighted by molar-refractivity contribution is 0.0696. The molecule has 3 nitrogen and oxygen atoms in total. The van der Waals surface area contributed by atoms with Gasteiger partial charge in [-0.3, -0.25) is 0 Å². The van der Waals surface area contributed by atoms with Crippen LogP contribution < -0.4 is 4.74 Å². The lowest BCUT2D eigenvalue weighted by atomic mass is 9.98. The maximum absolute atomic E-state index is 11.2. The molecule has 4 rings (SSSR count). The lowest BCUT2D eigenvalue weighted by Gasteiger charge is -2.13. The first-order valence-electron chi connectivity index (χ1n) is 8.97. The van der Waals surface area contributed by atoms with Crippen LogP contribution in [0.5, 0.6) is 11.5 Å². The van der Waals surface area contributed by atoms with Gasteiger partial charge in [0.1, 0.15) is 11.5 Å². The van der Waals surface area contributed by atoms with E-state index in [9.17, 15) is 9.90 Å². The van der Waals surface area contributed by atoms with Gasteiger partial charge in [-0.1, -0.05) is 72.8 Å². The van der Waals surface area contributed by atoms with Gasteiger partial charge in [0.25, 0.3) is 0 Å². The van der Waals surface area contributed by atoms with E-state index in [1.165, 1.54) is 6.07 Å². The third kappa shape index (κ3) is 3.79. The van der Waals surface area contributed by atoms with Crippen molar-refractivity contribution in [3.63, 3.8) is 0 Å². The van der Waals surface area contributed by atoms with Crippen LogP contribution in [0.15, 0.2) is 103 Å². The second kappa shape index (κ2) is 7.80. The third-order valence-corrected chi connectivity index (χ3v) is 4.48. The van der Waals surface area contributed by atoms with Crippen molar-refractivity contribution >= 4 is 5.97 Å². The van der Waals surface area contributed by atoms with E-state index in [1.807, 2.05) is 54.6 Å². The van der Waals surface area contributed by atoms with Gasteiger partial charge in [-0.15, -0.1) is 0 Å². The first-order valence-corrected chi connectivity index (χ1v) is 8.97. The summed E-state index contributed by atoms with van der Waals surface area (Å²) in [6.07, 6.45) is 0. The molecule has 0 fully saturated rings. The van der Waals surface area contributed by atoms with Crippen LogP contribution >= 0.6 is 0 Å². The Bertz CT molecular complexity index is 1120.